The maximum Gasteiger partial charge on any atom is 0.119 e. The minimum absolute atomic E-state index is 0.157. The van der Waals surface area contributed by atoms with Crippen LogP contribution in [-0.2, 0) is 5.41 Å². The van der Waals surface area contributed by atoms with Crippen LogP contribution in [0.15, 0.2) is 23.9 Å². The Morgan fingerprint density at radius 2 is 2.09 bits per heavy atom. The molecule has 0 saturated carbocycles. The molecule has 120 valence electrons. The third kappa shape index (κ3) is 2.33. The minimum Gasteiger partial charge on any atom is -0.494 e. The van der Waals surface area contributed by atoms with Gasteiger partial charge < -0.3 is 9.64 Å². The number of hydrogen-bond acceptors (Lipinski definition) is 2. The third-order valence-corrected chi connectivity index (χ3v) is 5.56. The van der Waals surface area contributed by atoms with Crippen molar-refractivity contribution in [2.75, 3.05) is 20.2 Å². The summed E-state index contributed by atoms with van der Waals surface area (Å²) in [5.74, 6) is 1.77. The molecule has 0 N–H and O–H groups in total. The van der Waals surface area contributed by atoms with Gasteiger partial charge in [-0.25, -0.2) is 0 Å². The number of fused-ring (bicyclic) bond motifs is 3. The van der Waals surface area contributed by atoms with E-state index in [1.54, 1.807) is 0 Å². The summed E-state index contributed by atoms with van der Waals surface area (Å²) in [4.78, 5) is 2.46. The van der Waals surface area contributed by atoms with Crippen LogP contribution in [0.1, 0.15) is 57.6 Å². The predicted octanol–water partition coefficient (Wildman–Crippen LogP) is 4.84. The number of piperidine rings is 1. The number of hydrogen-bond donors (Lipinski definition) is 0. The van der Waals surface area contributed by atoms with Gasteiger partial charge in [0.1, 0.15) is 5.75 Å². The van der Waals surface area contributed by atoms with Crippen LogP contribution in [0.5, 0.6) is 5.75 Å². The predicted molar refractivity (Wildman–Crippen MR) is 93.2 cm³/mol. The highest BCUT2D eigenvalue weighted by atomic mass is 16.5. The molecular formula is C20H29NO. The fraction of sp³-hybridized carbons (Fsp3) is 0.600. The fourth-order valence-electron chi connectivity index (χ4n) is 4.33. The molecule has 0 spiro atoms. The molecule has 1 aliphatic carbocycles. The molecule has 1 aliphatic heterocycles. The molecule has 1 heterocycles. The summed E-state index contributed by atoms with van der Waals surface area (Å²) in [7, 11) is 2.24. The summed E-state index contributed by atoms with van der Waals surface area (Å²) >= 11 is 0. The smallest absolute Gasteiger partial charge is 0.119 e. The second-order valence-corrected chi connectivity index (χ2v) is 7.03. The van der Waals surface area contributed by atoms with E-state index in [0.29, 0.717) is 0 Å². The SMILES string of the molecule is CCCOc1ccc2c(c1)C1(C)C(=C2)N(C)CCC1CCC. The van der Waals surface area contributed by atoms with Crippen molar-refractivity contribution in [1.82, 2.24) is 4.90 Å². The van der Waals surface area contributed by atoms with Gasteiger partial charge in [0.15, 0.2) is 0 Å². The van der Waals surface area contributed by atoms with Crippen molar-refractivity contribution in [2.45, 2.75) is 51.9 Å². The Morgan fingerprint density at radius 1 is 1.27 bits per heavy atom. The number of rotatable bonds is 5. The zero-order valence-electron chi connectivity index (χ0n) is 14.5. The van der Waals surface area contributed by atoms with E-state index in [4.69, 9.17) is 4.74 Å². The van der Waals surface area contributed by atoms with Gasteiger partial charge in [-0.05, 0) is 61.4 Å². The van der Waals surface area contributed by atoms with Gasteiger partial charge in [-0.15, -0.1) is 0 Å². The summed E-state index contributed by atoms with van der Waals surface area (Å²) in [5.41, 5.74) is 4.52. The van der Waals surface area contributed by atoms with Gasteiger partial charge in [0, 0.05) is 24.7 Å². The van der Waals surface area contributed by atoms with Crippen LogP contribution in [0.4, 0.5) is 0 Å². The molecule has 3 rings (SSSR count). The Morgan fingerprint density at radius 3 is 2.82 bits per heavy atom. The first-order valence-corrected chi connectivity index (χ1v) is 8.81. The molecule has 0 aromatic heterocycles. The summed E-state index contributed by atoms with van der Waals surface area (Å²) < 4.78 is 5.89. The van der Waals surface area contributed by atoms with Crippen LogP contribution in [0.3, 0.4) is 0 Å². The van der Waals surface area contributed by atoms with Crippen molar-refractivity contribution in [1.29, 1.82) is 0 Å². The summed E-state index contributed by atoms with van der Waals surface area (Å²) in [6, 6.07) is 6.67. The maximum atomic E-state index is 5.89. The van der Waals surface area contributed by atoms with Gasteiger partial charge in [0.05, 0.1) is 6.61 Å². The largest absolute Gasteiger partial charge is 0.494 e. The van der Waals surface area contributed by atoms with E-state index >= 15 is 0 Å². The van der Waals surface area contributed by atoms with Crippen molar-refractivity contribution >= 4 is 6.08 Å². The highest BCUT2D eigenvalue weighted by Gasteiger charge is 2.47. The van der Waals surface area contributed by atoms with E-state index in [1.165, 1.54) is 42.6 Å². The van der Waals surface area contributed by atoms with Crippen molar-refractivity contribution < 1.29 is 4.74 Å². The minimum atomic E-state index is 0.157. The van der Waals surface area contributed by atoms with E-state index in [0.717, 1.165) is 24.7 Å². The molecule has 0 amide bonds. The van der Waals surface area contributed by atoms with E-state index < -0.39 is 0 Å². The molecule has 1 aromatic carbocycles. The molecule has 0 bridgehead atoms. The second-order valence-electron chi connectivity index (χ2n) is 7.03. The zero-order valence-corrected chi connectivity index (χ0v) is 14.5. The van der Waals surface area contributed by atoms with Crippen molar-refractivity contribution in [2.24, 2.45) is 5.92 Å². The lowest BCUT2D eigenvalue weighted by Gasteiger charge is -2.46. The molecule has 2 heteroatoms. The lowest BCUT2D eigenvalue weighted by molar-refractivity contribution is 0.175. The normalized spacial score (nSPS) is 26.5. The van der Waals surface area contributed by atoms with E-state index in [-0.39, 0.29) is 5.41 Å². The van der Waals surface area contributed by atoms with Gasteiger partial charge in [0.2, 0.25) is 0 Å². The second kappa shape index (κ2) is 5.98. The molecule has 2 atom stereocenters. The Bertz CT molecular complexity index is 577. The lowest BCUT2D eigenvalue weighted by atomic mass is 9.66. The van der Waals surface area contributed by atoms with Crippen molar-refractivity contribution in [3.63, 3.8) is 0 Å². The quantitative estimate of drug-likeness (QED) is 0.771. The van der Waals surface area contributed by atoms with Crippen LogP contribution in [-0.4, -0.2) is 25.1 Å². The molecule has 1 fully saturated rings. The third-order valence-electron chi connectivity index (χ3n) is 5.56. The van der Waals surface area contributed by atoms with Gasteiger partial charge >= 0.3 is 0 Å². The molecule has 0 radical (unpaired) electrons. The molecule has 1 saturated heterocycles. The monoisotopic (exact) mass is 299 g/mol. The highest BCUT2D eigenvalue weighted by Crippen LogP contribution is 2.53. The first kappa shape index (κ1) is 15.5. The van der Waals surface area contributed by atoms with Crippen LogP contribution in [0.2, 0.25) is 0 Å². The molecular weight excluding hydrogens is 270 g/mol. The topological polar surface area (TPSA) is 12.5 Å². The molecule has 2 nitrogen and oxygen atoms in total. The molecule has 22 heavy (non-hydrogen) atoms. The van der Waals surface area contributed by atoms with Gasteiger partial charge in [0.25, 0.3) is 0 Å². The summed E-state index contributed by atoms with van der Waals surface area (Å²) in [5, 5.41) is 0. The van der Waals surface area contributed by atoms with Gasteiger partial charge in [-0.1, -0.05) is 26.3 Å². The Kier molecular flexibility index (Phi) is 4.20. The van der Waals surface area contributed by atoms with Crippen LogP contribution in [0, 0.1) is 5.92 Å². The zero-order chi connectivity index (χ0) is 15.7. The standard InChI is InChI=1S/C20H29NO/c1-5-7-16-10-11-21(4)19-13-15-8-9-17(22-12-6-2)14-18(15)20(16,19)3/h8-9,13-14,16H,5-7,10-12H2,1-4H3. The Hall–Kier alpha value is -1.44. The number of likely N-dealkylation sites (tertiary alicyclic amines) is 1. The van der Waals surface area contributed by atoms with Gasteiger partial charge in [-0.2, -0.15) is 0 Å². The maximum absolute atomic E-state index is 5.89. The van der Waals surface area contributed by atoms with E-state index in [2.05, 4.69) is 57.0 Å². The van der Waals surface area contributed by atoms with E-state index in [9.17, 15) is 0 Å². The number of benzene rings is 1. The highest BCUT2D eigenvalue weighted by molar-refractivity contribution is 5.70. The average molecular weight is 299 g/mol. The van der Waals surface area contributed by atoms with Crippen LogP contribution >= 0.6 is 0 Å². The first-order valence-electron chi connectivity index (χ1n) is 8.81. The average Bonchev–Trinajstić information content (AvgIpc) is 2.83. The first-order chi connectivity index (χ1) is 10.6. The van der Waals surface area contributed by atoms with E-state index in [1.807, 2.05) is 0 Å². The van der Waals surface area contributed by atoms with Crippen LogP contribution < -0.4 is 4.74 Å². The lowest BCUT2D eigenvalue weighted by Crippen LogP contribution is -2.44. The number of allylic oxidation sites excluding steroid dienone is 1. The molecule has 2 unspecified atom stereocenters. The summed E-state index contributed by atoms with van der Waals surface area (Å²) in [6.07, 6.45) is 7.32. The van der Waals surface area contributed by atoms with Gasteiger partial charge in [-0.3, -0.25) is 0 Å². The molecule has 1 aromatic rings. The van der Waals surface area contributed by atoms with Crippen molar-refractivity contribution in [3.05, 3.63) is 35.0 Å². The Labute approximate surface area is 135 Å². The number of ether oxygens (including phenoxy) is 1. The fourth-order valence-corrected chi connectivity index (χ4v) is 4.33. The molecule has 2 aliphatic rings. The van der Waals surface area contributed by atoms with Crippen molar-refractivity contribution in [3.8, 4) is 5.75 Å². The summed E-state index contributed by atoms with van der Waals surface area (Å²) in [6.45, 7) is 8.89. The Balaban J connectivity index is 2.01. The number of likely N-dealkylation sites (N-methyl/N-ethyl adjacent to an activating group) is 1. The van der Waals surface area contributed by atoms with Crippen LogP contribution in [0.25, 0.3) is 6.08 Å². The number of nitrogens with zero attached hydrogens (tertiary/aromatic N) is 1.